The van der Waals surface area contributed by atoms with Crippen molar-refractivity contribution in [2.24, 2.45) is 0 Å². The number of nitrogens with zero attached hydrogens (tertiary/aromatic N) is 2. The molecule has 8 nitrogen and oxygen atoms in total. The van der Waals surface area contributed by atoms with Crippen LogP contribution in [0.2, 0.25) is 0 Å². The topological polar surface area (TPSA) is 100 Å². The quantitative estimate of drug-likeness (QED) is 0.738. The molecule has 8 heteroatoms. The summed E-state index contributed by atoms with van der Waals surface area (Å²) in [7, 11) is 0. The lowest BCUT2D eigenvalue weighted by Gasteiger charge is -2.26. The van der Waals surface area contributed by atoms with Crippen LogP contribution in [0.15, 0.2) is 53.1 Å². The Morgan fingerprint density at radius 3 is 2.59 bits per heavy atom. The molecule has 0 bridgehead atoms. The average molecular weight is 366 g/mol. The maximum Gasteiger partial charge on any atom is 0.276 e. The molecule has 2 aromatic heterocycles. The van der Waals surface area contributed by atoms with Gasteiger partial charge in [-0.2, -0.15) is 5.10 Å². The van der Waals surface area contributed by atoms with Crippen molar-refractivity contribution in [1.82, 2.24) is 15.1 Å². The van der Waals surface area contributed by atoms with Gasteiger partial charge in [0, 0.05) is 30.4 Å². The van der Waals surface area contributed by atoms with Gasteiger partial charge in [-0.05, 0) is 36.4 Å². The highest BCUT2D eigenvalue weighted by Gasteiger charge is 2.18. The summed E-state index contributed by atoms with van der Waals surface area (Å²) in [6.07, 6.45) is 1.55. The molecule has 0 radical (unpaired) electrons. The van der Waals surface area contributed by atoms with E-state index in [9.17, 15) is 9.59 Å². The number of amides is 2. The molecule has 1 saturated heterocycles. The maximum absolute atomic E-state index is 12.4. The lowest BCUT2D eigenvalue weighted by Crippen LogP contribution is -2.40. The Labute approximate surface area is 155 Å². The maximum atomic E-state index is 12.4. The Kier molecular flexibility index (Phi) is 4.71. The second-order valence-electron chi connectivity index (χ2n) is 6.08. The summed E-state index contributed by atoms with van der Waals surface area (Å²) in [6, 6.07) is 12.0. The zero-order chi connectivity index (χ0) is 18.6. The molecule has 27 heavy (non-hydrogen) atoms. The Bertz CT molecular complexity index is 925. The van der Waals surface area contributed by atoms with E-state index in [1.807, 2.05) is 0 Å². The van der Waals surface area contributed by atoms with Crippen LogP contribution in [0.1, 0.15) is 20.8 Å². The van der Waals surface area contributed by atoms with E-state index in [1.54, 1.807) is 53.6 Å². The first-order valence-electron chi connectivity index (χ1n) is 8.58. The number of hydrogen-bond acceptors (Lipinski definition) is 5. The minimum Gasteiger partial charge on any atom is -0.463 e. The molecule has 0 unspecified atom stereocenters. The van der Waals surface area contributed by atoms with E-state index >= 15 is 0 Å². The van der Waals surface area contributed by atoms with Crippen molar-refractivity contribution in [2.45, 2.75) is 0 Å². The van der Waals surface area contributed by atoms with E-state index in [1.165, 1.54) is 0 Å². The van der Waals surface area contributed by atoms with Crippen molar-refractivity contribution >= 4 is 17.5 Å². The Balaban J connectivity index is 1.41. The highest BCUT2D eigenvalue weighted by atomic mass is 16.5. The number of carbonyl (C=O) groups excluding carboxylic acids is 2. The molecule has 1 aromatic carbocycles. The summed E-state index contributed by atoms with van der Waals surface area (Å²) < 4.78 is 10.5. The molecule has 138 valence electrons. The SMILES string of the molecule is O=C(Nc1ccc(C(=O)N2CCOCC2)cc1)c1cc(-c2ccco2)[nH]n1. The van der Waals surface area contributed by atoms with E-state index in [2.05, 4.69) is 15.5 Å². The van der Waals surface area contributed by atoms with Gasteiger partial charge in [0.05, 0.1) is 19.5 Å². The molecular formula is C19H18N4O4. The van der Waals surface area contributed by atoms with Gasteiger partial charge in [-0.25, -0.2) is 0 Å². The van der Waals surface area contributed by atoms with E-state index in [-0.39, 0.29) is 17.5 Å². The van der Waals surface area contributed by atoms with Crippen molar-refractivity contribution in [2.75, 3.05) is 31.6 Å². The van der Waals surface area contributed by atoms with Gasteiger partial charge in [0.15, 0.2) is 11.5 Å². The molecule has 3 aromatic rings. The number of aromatic amines is 1. The summed E-state index contributed by atoms with van der Waals surface area (Å²) in [5, 5.41) is 9.54. The first-order valence-corrected chi connectivity index (χ1v) is 8.58. The van der Waals surface area contributed by atoms with Crippen molar-refractivity contribution in [3.63, 3.8) is 0 Å². The largest absolute Gasteiger partial charge is 0.463 e. The van der Waals surface area contributed by atoms with Gasteiger partial charge >= 0.3 is 0 Å². The summed E-state index contributed by atoms with van der Waals surface area (Å²) >= 11 is 0. The fourth-order valence-electron chi connectivity index (χ4n) is 2.84. The predicted molar refractivity (Wildman–Crippen MR) is 97.4 cm³/mol. The third-order valence-corrected chi connectivity index (χ3v) is 4.29. The zero-order valence-electron chi connectivity index (χ0n) is 14.5. The van der Waals surface area contributed by atoms with Crippen LogP contribution in [0.5, 0.6) is 0 Å². The fourth-order valence-corrected chi connectivity index (χ4v) is 2.84. The molecule has 0 saturated carbocycles. The second kappa shape index (κ2) is 7.46. The lowest BCUT2D eigenvalue weighted by molar-refractivity contribution is 0.0303. The first kappa shape index (κ1) is 17.0. The molecule has 2 amide bonds. The minimum absolute atomic E-state index is 0.0356. The number of benzene rings is 1. The van der Waals surface area contributed by atoms with Gasteiger partial charge in [-0.15, -0.1) is 0 Å². The van der Waals surface area contributed by atoms with E-state index < -0.39 is 0 Å². The normalized spacial score (nSPS) is 14.1. The number of anilines is 1. The number of ether oxygens (including phenoxy) is 1. The van der Waals surface area contributed by atoms with E-state index in [4.69, 9.17) is 9.15 Å². The van der Waals surface area contributed by atoms with Crippen LogP contribution >= 0.6 is 0 Å². The Morgan fingerprint density at radius 1 is 1.11 bits per heavy atom. The third-order valence-electron chi connectivity index (χ3n) is 4.29. The second-order valence-corrected chi connectivity index (χ2v) is 6.08. The molecule has 1 aliphatic rings. The number of hydrogen-bond donors (Lipinski definition) is 2. The summed E-state index contributed by atoms with van der Waals surface area (Å²) in [6.45, 7) is 2.30. The molecule has 4 rings (SSSR count). The monoisotopic (exact) mass is 366 g/mol. The Hall–Kier alpha value is -3.39. The fraction of sp³-hybridized carbons (Fsp3) is 0.211. The minimum atomic E-state index is -0.351. The van der Waals surface area contributed by atoms with Gasteiger partial charge in [0.25, 0.3) is 11.8 Å². The lowest BCUT2D eigenvalue weighted by atomic mass is 10.1. The van der Waals surface area contributed by atoms with Crippen LogP contribution in [0, 0.1) is 0 Å². The molecule has 1 aliphatic heterocycles. The molecule has 2 N–H and O–H groups in total. The highest BCUT2D eigenvalue weighted by Crippen LogP contribution is 2.19. The van der Waals surface area contributed by atoms with Crippen molar-refractivity contribution < 1.29 is 18.7 Å². The summed E-state index contributed by atoms with van der Waals surface area (Å²) in [4.78, 5) is 26.5. The van der Waals surface area contributed by atoms with Crippen LogP contribution in [-0.2, 0) is 4.74 Å². The predicted octanol–water partition coefficient (Wildman–Crippen LogP) is 2.39. The molecule has 0 aliphatic carbocycles. The average Bonchev–Trinajstić information content (AvgIpc) is 3.40. The van der Waals surface area contributed by atoms with Crippen LogP contribution in [0.4, 0.5) is 5.69 Å². The molecule has 0 atom stereocenters. The van der Waals surface area contributed by atoms with Crippen molar-refractivity contribution in [3.8, 4) is 11.5 Å². The first-order chi connectivity index (χ1) is 13.2. The van der Waals surface area contributed by atoms with Crippen LogP contribution < -0.4 is 5.32 Å². The molecule has 0 spiro atoms. The molecule has 1 fully saturated rings. The van der Waals surface area contributed by atoms with Gasteiger partial charge in [0.1, 0.15) is 5.69 Å². The number of morpholine rings is 1. The van der Waals surface area contributed by atoms with Gasteiger partial charge in [0.2, 0.25) is 0 Å². The zero-order valence-corrected chi connectivity index (χ0v) is 14.5. The van der Waals surface area contributed by atoms with Crippen LogP contribution in [0.3, 0.4) is 0 Å². The van der Waals surface area contributed by atoms with Crippen molar-refractivity contribution in [3.05, 3.63) is 60.0 Å². The standard InChI is InChI=1S/C19H18N4O4/c24-18(16-12-15(21-22-16)17-2-1-9-27-17)20-14-5-3-13(4-6-14)19(25)23-7-10-26-11-8-23/h1-6,9,12H,7-8,10-11H2,(H,20,24)(H,21,22). The van der Waals surface area contributed by atoms with Crippen LogP contribution in [-0.4, -0.2) is 53.2 Å². The third kappa shape index (κ3) is 3.75. The highest BCUT2D eigenvalue weighted by molar-refractivity contribution is 6.03. The number of nitrogens with one attached hydrogen (secondary N) is 2. The number of rotatable bonds is 4. The number of furan rings is 1. The van der Waals surface area contributed by atoms with Gasteiger partial charge in [-0.3, -0.25) is 14.7 Å². The molecular weight excluding hydrogens is 348 g/mol. The van der Waals surface area contributed by atoms with Crippen molar-refractivity contribution in [1.29, 1.82) is 0 Å². The Morgan fingerprint density at radius 2 is 1.89 bits per heavy atom. The van der Waals surface area contributed by atoms with Gasteiger partial charge in [-0.1, -0.05) is 0 Å². The van der Waals surface area contributed by atoms with Gasteiger partial charge < -0.3 is 19.4 Å². The van der Waals surface area contributed by atoms with E-state index in [0.29, 0.717) is 49.0 Å². The smallest absolute Gasteiger partial charge is 0.276 e. The summed E-state index contributed by atoms with van der Waals surface area (Å²) in [5.74, 6) is 0.218. The summed E-state index contributed by atoms with van der Waals surface area (Å²) in [5.41, 5.74) is 2.03. The number of carbonyl (C=O) groups is 2. The van der Waals surface area contributed by atoms with E-state index in [0.717, 1.165) is 0 Å². The number of H-pyrrole nitrogens is 1. The molecule has 3 heterocycles. The number of aromatic nitrogens is 2. The van der Waals surface area contributed by atoms with Crippen LogP contribution in [0.25, 0.3) is 11.5 Å².